The normalized spacial score (nSPS) is 21.4. The van der Waals surface area contributed by atoms with Crippen LogP contribution in [0.2, 0.25) is 0 Å². The third kappa shape index (κ3) is 3.81. The van der Waals surface area contributed by atoms with Gasteiger partial charge in [-0.25, -0.2) is 0 Å². The van der Waals surface area contributed by atoms with Gasteiger partial charge in [-0.15, -0.1) is 11.3 Å². The Labute approximate surface area is 145 Å². The zero-order valence-electron chi connectivity index (χ0n) is 12.5. The van der Waals surface area contributed by atoms with Crippen LogP contribution in [-0.2, 0) is 0 Å². The predicted octanol–water partition coefficient (Wildman–Crippen LogP) is 5.46. The van der Waals surface area contributed by atoms with E-state index in [1.807, 2.05) is 5.38 Å². The van der Waals surface area contributed by atoms with E-state index in [0.717, 1.165) is 5.56 Å². The van der Waals surface area contributed by atoms with Crippen LogP contribution in [0.4, 0.5) is 0 Å². The molecule has 0 aromatic carbocycles. The second kappa shape index (κ2) is 7.44. The van der Waals surface area contributed by atoms with E-state index in [0.29, 0.717) is 18.0 Å². The number of halogens is 1. The van der Waals surface area contributed by atoms with E-state index in [-0.39, 0.29) is 0 Å². The number of hydrogen-bond donors (Lipinski definition) is 0. The van der Waals surface area contributed by atoms with E-state index < -0.39 is 0 Å². The average Bonchev–Trinajstić information content (AvgIpc) is 2.96. The van der Waals surface area contributed by atoms with Gasteiger partial charge < -0.3 is 4.90 Å². The van der Waals surface area contributed by atoms with E-state index in [1.165, 1.54) is 67.1 Å². The van der Waals surface area contributed by atoms with Crippen LogP contribution in [0, 0.1) is 2.88 Å². The second-order valence-electron chi connectivity index (χ2n) is 6.44. The fraction of sp³-hybridized carbons (Fsp3) is 0.706. The molecule has 2 saturated carbocycles. The van der Waals surface area contributed by atoms with Gasteiger partial charge in [-0.05, 0) is 54.3 Å². The van der Waals surface area contributed by atoms with Crippen molar-refractivity contribution in [3.63, 3.8) is 0 Å². The molecule has 0 aliphatic heterocycles. The summed E-state index contributed by atoms with van der Waals surface area (Å²) in [5, 5.41) is 2.04. The van der Waals surface area contributed by atoms with Gasteiger partial charge in [-0.2, -0.15) is 0 Å². The largest absolute Gasteiger partial charge is 0.333 e. The number of hydrogen-bond acceptors (Lipinski definition) is 2. The molecule has 2 aliphatic rings. The third-order valence-electron chi connectivity index (χ3n) is 4.99. The number of thiophene rings is 1. The average molecular weight is 417 g/mol. The molecule has 2 nitrogen and oxygen atoms in total. The van der Waals surface area contributed by atoms with Crippen molar-refractivity contribution in [3.8, 4) is 0 Å². The molecule has 2 aliphatic carbocycles. The standard InChI is InChI=1S/C17H24INOS/c18-16-11-13(12-21-16)17(20)19(14-7-3-1-4-8-14)15-9-5-2-6-10-15/h11-12,14-15H,1-10H2. The molecule has 3 rings (SSSR count). The van der Waals surface area contributed by atoms with E-state index >= 15 is 0 Å². The van der Waals surface area contributed by atoms with Crippen molar-refractivity contribution in [2.24, 2.45) is 0 Å². The highest BCUT2D eigenvalue weighted by Gasteiger charge is 2.33. The molecule has 4 heteroatoms. The highest BCUT2D eigenvalue weighted by molar-refractivity contribution is 14.1. The fourth-order valence-electron chi connectivity index (χ4n) is 3.92. The lowest BCUT2D eigenvalue weighted by Crippen LogP contribution is -2.48. The first kappa shape index (κ1) is 15.8. The lowest BCUT2D eigenvalue weighted by Gasteiger charge is -2.41. The summed E-state index contributed by atoms with van der Waals surface area (Å²) in [6, 6.07) is 3.05. The van der Waals surface area contributed by atoms with E-state index in [2.05, 4.69) is 33.6 Å². The zero-order valence-corrected chi connectivity index (χ0v) is 15.5. The third-order valence-corrected chi connectivity index (χ3v) is 6.77. The van der Waals surface area contributed by atoms with Gasteiger partial charge in [-0.1, -0.05) is 38.5 Å². The van der Waals surface area contributed by atoms with E-state index in [9.17, 15) is 4.79 Å². The van der Waals surface area contributed by atoms with Gasteiger partial charge >= 0.3 is 0 Å². The summed E-state index contributed by atoms with van der Waals surface area (Å²) in [5.74, 6) is 0.299. The Balaban J connectivity index is 1.81. The number of amides is 1. The molecule has 1 aromatic rings. The Morgan fingerprint density at radius 3 is 1.95 bits per heavy atom. The first-order valence-corrected chi connectivity index (χ1v) is 10.3. The lowest BCUT2D eigenvalue weighted by atomic mass is 9.88. The molecule has 1 aromatic heterocycles. The van der Waals surface area contributed by atoms with Crippen molar-refractivity contribution in [1.29, 1.82) is 0 Å². The summed E-state index contributed by atoms with van der Waals surface area (Å²) >= 11 is 4.00. The molecule has 2 fully saturated rings. The molecular weight excluding hydrogens is 393 g/mol. The smallest absolute Gasteiger partial charge is 0.255 e. The summed E-state index contributed by atoms with van der Waals surface area (Å²) in [7, 11) is 0. The number of carbonyl (C=O) groups excluding carboxylic acids is 1. The number of carbonyl (C=O) groups is 1. The Morgan fingerprint density at radius 1 is 1.00 bits per heavy atom. The highest BCUT2D eigenvalue weighted by atomic mass is 127. The molecule has 0 atom stereocenters. The van der Waals surface area contributed by atoms with Crippen LogP contribution in [0.5, 0.6) is 0 Å². The number of rotatable bonds is 3. The summed E-state index contributed by atoms with van der Waals surface area (Å²) in [4.78, 5) is 15.4. The van der Waals surface area contributed by atoms with Gasteiger partial charge in [0.25, 0.3) is 5.91 Å². The summed E-state index contributed by atoms with van der Waals surface area (Å²) in [6.45, 7) is 0. The topological polar surface area (TPSA) is 20.3 Å². The molecule has 21 heavy (non-hydrogen) atoms. The maximum atomic E-state index is 13.1. The Hall–Kier alpha value is -0.100. The minimum Gasteiger partial charge on any atom is -0.333 e. The first-order valence-electron chi connectivity index (χ1n) is 8.32. The second-order valence-corrected chi connectivity index (χ2v) is 9.24. The summed E-state index contributed by atoms with van der Waals surface area (Å²) < 4.78 is 1.21. The van der Waals surface area contributed by atoms with E-state index in [1.54, 1.807) is 11.3 Å². The van der Waals surface area contributed by atoms with Crippen molar-refractivity contribution in [1.82, 2.24) is 4.90 Å². The zero-order chi connectivity index (χ0) is 14.7. The lowest BCUT2D eigenvalue weighted by molar-refractivity contribution is 0.0449. The summed E-state index contributed by atoms with van der Waals surface area (Å²) in [5.41, 5.74) is 0.917. The minimum atomic E-state index is 0.299. The quantitative estimate of drug-likeness (QED) is 0.598. The fourth-order valence-corrected chi connectivity index (χ4v) is 5.24. The van der Waals surface area contributed by atoms with Crippen LogP contribution in [-0.4, -0.2) is 22.9 Å². The first-order chi connectivity index (χ1) is 10.3. The number of nitrogens with zero attached hydrogens (tertiary/aromatic N) is 1. The molecule has 1 heterocycles. The van der Waals surface area contributed by atoms with Crippen molar-refractivity contribution in [2.75, 3.05) is 0 Å². The van der Waals surface area contributed by atoms with Gasteiger partial charge in [0.05, 0.1) is 8.45 Å². The molecule has 0 N–H and O–H groups in total. The van der Waals surface area contributed by atoms with Gasteiger partial charge in [0, 0.05) is 17.5 Å². The molecule has 0 saturated heterocycles. The van der Waals surface area contributed by atoms with E-state index in [4.69, 9.17) is 0 Å². The molecule has 0 unspecified atom stereocenters. The van der Waals surface area contributed by atoms with Crippen molar-refractivity contribution < 1.29 is 4.79 Å². The molecule has 0 bridgehead atoms. The van der Waals surface area contributed by atoms with Crippen LogP contribution >= 0.6 is 33.9 Å². The van der Waals surface area contributed by atoms with Gasteiger partial charge in [-0.3, -0.25) is 4.79 Å². The maximum Gasteiger partial charge on any atom is 0.255 e. The highest BCUT2D eigenvalue weighted by Crippen LogP contribution is 2.32. The Morgan fingerprint density at radius 2 is 1.52 bits per heavy atom. The Kier molecular flexibility index (Phi) is 5.60. The Bertz CT molecular complexity index is 457. The molecule has 1 amide bonds. The maximum absolute atomic E-state index is 13.1. The van der Waals surface area contributed by atoms with Crippen LogP contribution in [0.15, 0.2) is 11.4 Å². The van der Waals surface area contributed by atoms with Gasteiger partial charge in [0.15, 0.2) is 0 Å². The monoisotopic (exact) mass is 417 g/mol. The summed E-state index contributed by atoms with van der Waals surface area (Å²) in [6.07, 6.45) is 12.7. The van der Waals surface area contributed by atoms with Crippen molar-refractivity contribution >= 4 is 39.8 Å². The minimum absolute atomic E-state index is 0.299. The van der Waals surface area contributed by atoms with Gasteiger partial charge in [0.1, 0.15) is 0 Å². The van der Waals surface area contributed by atoms with Gasteiger partial charge in [0.2, 0.25) is 0 Å². The van der Waals surface area contributed by atoms with Crippen molar-refractivity contribution in [2.45, 2.75) is 76.3 Å². The molecule has 116 valence electrons. The molecular formula is C17H24INOS. The van der Waals surface area contributed by atoms with Crippen LogP contribution in [0.1, 0.15) is 74.6 Å². The predicted molar refractivity (Wildman–Crippen MR) is 97.0 cm³/mol. The van der Waals surface area contributed by atoms with Crippen LogP contribution < -0.4 is 0 Å². The molecule has 0 radical (unpaired) electrons. The van der Waals surface area contributed by atoms with Crippen molar-refractivity contribution in [3.05, 3.63) is 19.9 Å². The van der Waals surface area contributed by atoms with Crippen LogP contribution in [0.25, 0.3) is 0 Å². The van der Waals surface area contributed by atoms with Crippen LogP contribution in [0.3, 0.4) is 0 Å². The SMILES string of the molecule is O=C(c1csc(I)c1)N(C1CCCCC1)C1CCCCC1. The molecule has 0 spiro atoms.